The van der Waals surface area contributed by atoms with Crippen molar-refractivity contribution in [1.29, 1.82) is 0 Å². The highest BCUT2D eigenvalue weighted by Gasteiger charge is 2.27. The fourth-order valence-corrected chi connectivity index (χ4v) is 14.4. The number of fused-ring (bicyclic) bond motifs is 5. The van der Waals surface area contributed by atoms with Crippen molar-refractivity contribution in [2.75, 3.05) is 0 Å². The third kappa shape index (κ3) is 13.9. The Morgan fingerprint density at radius 1 is 0.273 bits per heavy atom. The topological polar surface area (TPSA) is 19.4 Å². The van der Waals surface area contributed by atoms with Crippen LogP contribution in [0.4, 0.5) is 0 Å². The van der Waals surface area contributed by atoms with Gasteiger partial charge in [-0.15, -0.1) is 0 Å². The molecule has 5 nitrogen and oxygen atoms in total. The van der Waals surface area contributed by atoms with E-state index in [1.54, 1.807) is 38.9 Å². The zero-order chi connectivity index (χ0) is 63.1. The number of aromatic nitrogens is 5. The number of rotatable bonds is 5. The summed E-state index contributed by atoms with van der Waals surface area (Å²) in [5.41, 5.74) is 34.3. The van der Waals surface area contributed by atoms with Crippen LogP contribution >= 0.6 is 0 Å². The predicted molar refractivity (Wildman–Crippen MR) is 363 cm³/mol. The highest BCUT2D eigenvalue weighted by molar-refractivity contribution is 5.68. The van der Waals surface area contributed by atoms with Crippen LogP contribution in [0.5, 0.6) is 0 Å². The lowest BCUT2D eigenvalue weighted by atomic mass is 9.88. The molecule has 0 bridgehead atoms. The van der Waals surface area contributed by atoms with E-state index in [2.05, 4.69) is 256 Å². The van der Waals surface area contributed by atoms with E-state index in [1.165, 1.54) is 174 Å². The molecule has 0 atom stereocenters. The monoisotopic (exact) mass is 1160 g/mol. The standard InChI is InChI=1S/3C17H20N.2C16H18N/c2*1-13-7-3-6-10-16(13)17-11-14-8-4-5-9-15(14)12-18(17)2;1-13-7-3-5-9-15(13)17-16-10-6-4-8-14(16)11-12-18(17)2;1-12-6-3-4-9-15(12)16-10-13-7-5-8-14(13)11-17(16)2;1-12-6-3-4-8-14(12)16-15-9-5-7-13(15)10-11-17(16)2/h2*3,6-7,10-12H,4-5,8-9H2,1-2H3;3,5,7,9,11-12H,4,6,8,10H2,1-2H3;3-4,6,9-11H,5,7-8H2,1-2H3;3-4,6,8,10-11H,5,7,9H2,1-2H3/q5*+1/i8D2;;;;. The van der Waals surface area contributed by atoms with Crippen molar-refractivity contribution in [3.8, 4) is 56.3 Å². The summed E-state index contributed by atoms with van der Waals surface area (Å²) in [5.74, 6) is 0. The van der Waals surface area contributed by atoms with Crippen LogP contribution in [0.25, 0.3) is 56.3 Å². The Bertz CT molecular complexity index is 4230. The summed E-state index contributed by atoms with van der Waals surface area (Å²) in [6, 6.07) is 54.4. The van der Waals surface area contributed by atoms with Gasteiger partial charge in [-0.1, -0.05) is 91.0 Å². The molecule has 448 valence electrons. The average molecular weight is 1170 g/mol. The first kappa shape index (κ1) is 58.8. The SMILES string of the molecule is Cc1ccccc1-c1c2c(cc[n+]1C)CCC2.Cc1ccccc1-c1c2c(cc[n+]1C)CCCC2.Cc1ccccc1-c1cc2c(c[n+]1C)CCC2.Cc1ccccc1-c1cc2c(c[n+]1C)CCCC2.[2H]C1([2H])CCCc2c[n+](C)c(-c3ccccc3C)cc21. The molecule has 0 amide bonds. The fraction of sp³-hybridized carbons (Fsp3) is 0.337. The van der Waals surface area contributed by atoms with Crippen LogP contribution in [-0.4, -0.2) is 0 Å². The molecular formula is C83H96N5+5. The molecule has 0 spiro atoms. The van der Waals surface area contributed by atoms with Crippen LogP contribution in [0.2, 0.25) is 0 Å². The third-order valence-corrected chi connectivity index (χ3v) is 19.3. The number of pyridine rings is 5. The van der Waals surface area contributed by atoms with Gasteiger partial charge < -0.3 is 0 Å². The molecular weight excluding hydrogens is 1070 g/mol. The third-order valence-electron chi connectivity index (χ3n) is 19.3. The van der Waals surface area contributed by atoms with Gasteiger partial charge in [0.15, 0.2) is 31.0 Å². The van der Waals surface area contributed by atoms with Gasteiger partial charge in [0.05, 0.1) is 0 Å². The molecule has 5 heteroatoms. The van der Waals surface area contributed by atoms with Crippen molar-refractivity contribution < 1.29 is 25.6 Å². The van der Waals surface area contributed by atoms with Crippen molar-refractivity contribution in [1.82, 2.24) is 0 Å². The van der Waals surface area contributed by atoms with E-state index in [1.807, 2.05) is 19.2 Å². The van der Waals surface area contributed by atoms with E-state index in [0.717, 1.165) is 29.7 Å². The molecule has 15 rings (SSSR count). The number of hydrogen-bond donors (Lipinski definition) is 0. The second kappa shape index (κ2) is 28.3. The summed E-state index contributed by atoms with van der Waals surface area (Å²) in [6.07, 6.45) is 30.4. The molecule has 0 radical (unpaired) electrons. The maximum Gasteiger partial charge on any atom is 0.216 e. The Morgan fingerprint density at radius 3 is 0.977 bits per heavy atom. The smallest absolute Gasteiger partial charge is 0.201 e. The predicted octanol–water partition coefficient (Wildman–Crippen LogP) is 16.0. The molecule has 0 aliphatic heterocycles. The van der Waals surface area contributed by atoms with Gasteiger partial charge >= 0.3 is 0 Å². The van der Waals surface area contributed by atoms with Gasteiger partial charge in [-0.3, -0.25) is 0 Å². The largest absolute Gasteiger partial charge is 0.216 e. The van der Waals surface area contributed by atoms with E-state index in [-0.39, 0.29) is 0 Å². The summed E-state index contributed by atoms with van der Waals surface area (Å²) >= 11 is 0. The minimum atomic E-state index is -1.20. The Labute approximate surface area is 530 Å². The highest BCUT2D eigenvalue weighted by Crippen LogP contribution is 2.34. The molecule has 5 aromatic carbocycles. The van der Waals surface area contributed by atoms with E-state index in [4.69, 9.17) is 2.74 Å². The van der Waals surface area contributed by atoms with Gasteiger partial charge in [-0.05, 0) is 236 Å². The van der Waals surface area contributed by atoms with Crippen molar-refractivity contribution in [3.63, 3.8) is 0 Å². The van der Waals surface area contributed by atoms with Crippen LogP contribution in [0.3, 0.4) is 0 Å². The van der Waals surface area contributed by atoms with E-state index in [9.17, 15) is 0 Å². The van der Waals surface area contributed by atoms with Crippen LogP contribution in [-0.2, 0) is 99.4 Å². The van der Waals surface area contributed by atoms with Crippen molar-refractivity contribution in [2.45, 2.75) is 150 Å². The van der Waals surface area contributed by atoms with Gasteiger partial charge in [0.2, 0.25) is 28.5 Å². The Balaban J connectivity index is 0.000000116. The lowest BCUT2D eigenvalue weighted by Crippen LogP contribution is -2.33. The molecule has 0 saturated carbocycles. The molecule has 5 aromatic heterocycles. The summed E-state index contributed by atoms with van der Waals surface area (Å²) in [7, 11) is 10.7. The molecule has 88 heavy (non-hydrogen) atoms. The molecule has 5 aliphatic rings. The highest BCUT2D eigenvalue weighted by atomic mass is 14.9. The summed E-state index contributed by atoms with van der Waals surface area (Å²) in [6.45, 7) is 10.9. The van der Waals surface area contributed by atoms with E-state index < -0.39 is 6.37 Å². The van der Waals surface area contributed by atoms with Crippen LogP contribution in [0.15, 0.2) is 183 Å². The van der Waals surface area contributed by atoms with Gasteiger partial charge in [0, 0.05) is 88.7 Å². The first-order valence-corrected chi connectivity index (χ1v) is 32.9. The molecule has 0 N–H and O–H groups in total. The van der Waals surface area contributed by atoms with Gasteiger partial charge in [0.1, 0.15) is 35.2 Å². The minimum absolute atomic E-state index is 0.626. The quantitative estimate of drug-likeness (QED) is 0.153. The van der Waals surface area contributed by atoms with Crippen molar-refractivity contribution in [2.24, 2.45) is 35.2 Å². The lowest BCUT2D eigenvalue weighted by molar-refractivity contribution is -0.661. The van der Waals surface area contributed by atoms with Crippen LogP contribution < -0.4 is 22.8 Å². The summed E-state index contributed by atoms with van der Waals surface area (Å²) < 4.78 is 27.7. The Kier molecular flexibility index (Phi) is 19.0. The average Bonchev–Trinajstić information content (AvgIpc) is 0.898. The van der Waals surface area contributed by atoms with Crippen molar-refractivity contribution >= 4 is 0 Å². The number of nitrogens with zero attached hydrogens (tertiary/aromatic N) is 5. The second-order valence-electron chi connectivity index (χ2n) is 25.6. The molecule has 0 saturated heterocycles. The first-order valence-electron chi connectivity index (χ1n) is 33.9. The normalized spacial score (nSPS) is 15.0. The second-order valence-corrected chi connectivity index (χ2v) is 25.6. The number of hydrogen-bond acceptors (Lipinski definition) is 0. The molecule has 0 unspecified atom stereocenters. The van der Waals surface area contributed by atoms with Gasteiger partial charge in [-0.25, -0.2) is 22.8 Å². The van der Waals surface area contributed by atoms with Crippen molar-refractivity contribution in [3.05, 3.63) is 266 Å². The Hall–Kier alpha value is -8.15. The van der Waals surface area contributed by atoms with Gasteiger partial charge in [-0.2, -0.15) is 0 Å². The van der Waals surface area contributed by atoms with Gasteiger partial charge in [0.25, 0.3) is 0 Å². The zero-order valence-electron chi connectivity index (χ0n) is 56.6. The fourth-order valence-electron chi connectivity index (χ4n) is 14.4. The minimum Gasteiger partial charge on any atom is -0.201 e. The molecule has 0 fully saturated rings. The maximum absolute atomic E-state index is 8.25. The maximum atomic E-state index is 8.25. The Morgan fingerprint density at radius 2 is 0.557 bits per heavy atom. The van der Waals surface area contributed by atoms with Crippen LogP contribution in [0, 0.1) is 34.6 Å². The zero-order valence-corrected chi connectivity index (χ0v) is 54.6. The van der Waals surface area contributed by atoms with E-state index in [0.29, 0.717) is 6.42 Å². The van der Waals surface area contributed by atoms with Crippen LogP contribution in [0.1, 0.15) is 138 Å². The molecule has 5 aliphatic carbocycles. The molecule has 5 heterocycles. The summed E-state index contributed by atoms with van der Waals surface area (Å²) in [4.78, 5) is 0. The summed E-state index contributed by atoms with van der Waals surface area (Å²) in [5, 5.41) is 0. The number of benzene rings is 5. The first-order chi connectivity index (χ1) is 43.5. The molecule has 10 aromatic rings. The lowest BCUT2D eigenvalue weighted by Gasteiger charge is -2.17. The number of aryl methyl sites for hydroxylation is 18. The van der Waals surface area contributed by atoms with E-state index >= 15 is 0 Å².